The molecule has 7 nitrogen and oxygen atoms in total. The fourth-order valence-corrected chi connectivity index (χ4v) is 4.37. The van der Waals surface area contributed by atoms with Crippen LogP contribution >= 0.6 is 11.3 Å². The predicted molar refractivity (Wildman–Crippen MR) is 115 cm³/mol. The number of amides is 1. The van der Waals surface area contributed by atoms with E-state index in [-0.39, 0.29) is 24.1 Å². The zero-order chi connectivity index (χ0) is 21.2. The van der Waals surface area contributed by atoms with Crippen LogP contribution in [0.25, 0.3) is 10.3 Å². The third kappa shape index (κ3) is 4.22. The van der Waals surface area contributed by atoms with Gasteiger partial charge in [0.25, 0.3) is 5.91 Å². The van der Waals surface area contributed by atoms with Crippen LogP contribution in [0.5, 0.6) is 5.75 Å². The number of ether oxygens (including phenoxy) is 1. The van der Waals surface area contributed by atoms with Gasteiger partial charge in [-0.3, -0.25) is 4.79 Å². The van der Waals surface area contributed by atoms with E-state index in [2.05, 4.69) is 14.9 Å². The molecule has 0 bridgehead atoms. The Morgan fingerprint density at radius 1 is 1.10 bits per heavy atom. The smallest absolute Gasteiger partial charge is 0.289 e. The summed E-state index contributed by atoms with van der Waals surface area (Å²) in [7, 11) is 0. The number of fused-ring (bicyclic) bond motifs is 1. The van der Waals surface area contributed by atoms with Gasteiger partial charge in [-0.05, 0) is 48.5 Å². The number of carbonyl (C=O) groups excluding carboxylic acids is 1. The first-order valence-electron chi connectivity index (χ1n) is 9.88. The van der Waals surface area contributed by atoms with Gasteiger partial charge >= 0.3 is 0 Å². The number of furan rings is 1. The number of hydrogen-bond donors (Lipinski definition) is 0. The van der Waals surface area contributed by atoms with Gasteiger partial charge in [-0.2, -0.15) is 0 Å². The number of hydrogen-bond acceptors (Lipinski definition) is 7. The van der Waals surface area contributed by atoms with Crippen LogP contribution < -0.4 is 9.64 Å². The van der Waals surface area contributed by atoms with Crippen molar-refractivity contribution in [2.45, 2.75) is 6.61 Å². The van der Waals surface area contributed by atoms with E-state index in [1.807, 2.05) is 12.1 Å². The van der Waals surface area contributed by atoms with E-state index >= 15 is 0 Å². The fraction of sp³-hybridized carbons (Fsp3) is 0.227. The van der Waals surface area contributed by atoms with E-state index in [0.29, 0.717) is 37.7 Å². The van der Waals surface area contributed by atoms with Crippen LogP contribution in [0.4, 0.5) is 9.52 Å². The largest absolute Gasteiger partial charge is 0.486 e. The van der Waals surface area contributed by atoms with Crippen LogP contribution in [0, 0.1) is 5.82 Å². The number of benzene rings is 1. The summed E-state index contributed by atoms with van der Waals surface area (Å²) in [4.78, 5) is 26.7. The van der Waals surface area contributed by atoms with Gasteiger partial charge in [-0.15, -0.1) is 0 Å². The molecule has 1 amide bonds. The maximum Gasteiger partial charge on any atom is 0.289 e. The zero-order valence-electron chi connectivity index (χ0n) is 16.5. The minimum atomic E-state index is -0.321. The molecule has 1 aliphatic rings. The summed E-state index contributed by atoms with van der Waals surface area (Å²) < 4.78 is 24.2. The number of carbonyl (C=O) groups is 1. The number of pyridine rings is 1. The van der Waals surface area contributed by atoms with E-state index in [1.165, 1.54) is 12.1 Å². The third-order valence-corrected chi connectivity index (χ3v) is 6.10. The Balaban J connectivity index is 1.17. The maximum atomic E-state index is 13.0. The van der Waals surface area contributed by atoms with E-state index in [0.717, 1.165) is 15.5 Å². The average molecular weight is 438 g/mol. The van der Waals surface area contributed by atoms with Crippen LogP contribution in [-0.4, -0.2) is 47.0 Å². The molecule has 158 valence electrons. The Morgan fingerprint density at radius 2 is 1.90 bits per heavy atom. The lowest BCUT2D eigenvalue weighted by atomic mass is 10.3. The second-order valence-corrected chi connectivity index (χ2v) is 8.07. The molecule has 31 heavy (non-hydrogen) atoms. The molecule has 0 aliphatic carbocycles. The molecular formula is C22H19FN4O3S. The lowest BCUT2D eigenvalue weighted by molar-refractivity contribution is 0.0710. The van der Waals surface area contributed by atoms with E-state index in [1.54, 1.807) is 46.7 Å². The molecule has 5 rings (SSSR count). The number of piperazine rings is 1. The number of aromatic nitrogens is 2. The van der Waals surface area contributed by atoms with E-state index in [4.69, 9.17) is 9.15 Å². The topological polar surface area (TPSA) is 71.7 Å². The highest BCUT2D eigenvalue weighted by atomic mass is 32.1. The molecule has 9 heteroatoms. The number of rotatable bonds is 5. The van der Waals surface area contributed by atoms with Crippen molar-refractivity contribution >= 4 is 32.7 Å². The van der Waals surface area contributed by atoms with Crippen LogP contribution in [0.3, 0.4) is 0 Å². The summed E-state index contributed by atoms with van der Waals surface area (Å²) in [5.74, 6) is 0.896. The summed E-state index contributed by atoms with van der Waals surface area (Å²) in [6, 6.07) is 13.0. The molecular weight excluding hydrogens is 419 g/mol. The van der Waals surface area contributed by atoms with Gasteiger partial charge in [-0.1, -0.05) is 11.3 Å². The molecule has 1 aromatic carbocycles. The average Bonchev–Trinajstić information content (AvgIpc) is 3.45. The monoisotopic (exact) mass is 438 g/mol. The van der Waals surface area contributed by atoms with Gasteiger partial charge in [-0.25, -0.2) is 14.4 Å². The first-order chi connectivity index (χ1) is 15.2. The summed E-state index contributed by atoms with van der Waals surface area (Å²) in [5, 5.41) is 0.930. The van der Waals surface area contributed by atoms with Crippen molar-refractivity contribution in [3.63, 3.8) is 0 Å². The highest BCUT2D eigenvalue weighted by Crippen LogP contribution is 2.28. The Bertz CT molecular complexity index is 1170. The van der Waals surface area contributed by atoms with Gasteiger partial charge in [0.15, 0.2) is 10.9 Å². The predicted octanol–water partition coefficient (Wildman–Crippen LogP) is 3.96. The molecule has 0 saturated carbocycles. The SMILES string of the molecule is O=C(c1ccc(COc2ccc(F)cc2)o1)N1CCN(c2nc3cccnc3s2)CC1. The van der Waals surface area contributed by atoms with Crippen molar-refractivity contribution in [3.8, 4) is 5.75 Å². The summed E-state index contributed by atoms with van der Waals surface area (Å²) in [6.07, 6.45) is 1.77. The standard InChI is InChI=1S/C22H19FN4O3S/c23-15-3-5-16(6-4-15)29-14-17-7-8-19(30-17)21(28)26-10-12-27(13-11-26)22-25-18-2-1-9-24-20(18)31-22/h1-9H,10-14H2. The number of nitrogens with zero attached hydrogens (tertiary/aromatic N) is 4. The van der Waals surface area contributed by atoms with Crippen molar-refractivity contribution in [2.24, 2.45) is 0 Å². The minimum Gasteiger partial charge on any atom is -0.486 e. The summed E-state index contributed by atoms with van der Waals surface area (Å²) in [6.45, 7) is 2.74. The van der Waals surface area contributed by atoms with Crippen molar-refractivity contribution in [3.05, 3.63) is 72.1 Å². The molecule has 1 saturated heterocycles. The normalized spacial score (nSPS) is 14.2. The first-order valence-corrected chi connectivity index (χ1v) is 10.7. The minimum absolute atomic E-state index is 0.140. The molecule has 3 aromatic heterocycles. The highest BCUT2D eigenvalue weighted by molar-refractivity contribution is 7.21. The highest BCUT2D eigenvalue weighted by Gasteiger charge is 2.26. The van der Waals surface area contributed by atoms with Gasteiger partial charge in [0, 0.05) is 32.4 Å². The Morgan fingerprint density at radius 3 is 2.68 bits per heavy atom. The van der Waals surface area contributed by atoms with Crippen LogP contribution in [-0.2, 0) is 6.61 Å². The quantitative estimate of drug-likeness (QED) is 0.470. The van der Waals surface area contributed by atoms with Crippen molar-refractivity contribution in [2.75, 3.05) is 31.1 Å². The van der Waals surface area contributed by atoms with Gasteiger partial charge < -0.3 is 19.0 Å². The first kappa shape index (κ1) is 19.5. The Hall–Kier alpha value is -3.46. The second-order valence-electron chi connectivity index (χ2n) is 7.11. The molecule has 1 fully saturated rings. The van der Waals surface area contributed by atoms with Crippen LogP contribution in [0.2, 0.25) is 0 Å². The van der Waals surface area contributed by atoms with Gasteiger partial charge in [0.1, 0.15) is 34.3 Å². The second kappa shape index (κ2) is 8.35. The molecule has 0 N–H and O–H groups in total. The van der Waals surface area contributed by atoms with Crippen LogP contribution in [0.1, 0.15) is 16.3 Å². The Labute approximate surface area is 181 Å². The fourth-order valence-electron chi connectivity index (χ4n) is 3.41. The van der Waals surface area contributed by atoms with Crippen molar-refractivity contribution in [1.82, 2.24) is 14.9 Å². The molecule has 4 heterocycles. The lowest BCUT2D eigenvalue weighted by Crippen LogP contribution is -2.48. The summed E-state index contributed by atoms with van der Waals surface area (Å²) in [5.41, 5.74) is 0.895. The molecule has 4 aromatic rings. The number of thiazole rings is 1. The third-order valence-electron chi connectivity index (χ3n) is 5.06. The van der Waals surface area contributed by atoms with E-state index in [9.17, 15) is 9.18 Å². The van der Waals surface area contributed by atoms with Gasteiger partial charge in [0.05, 0.1) is 0 Å². The number of anilines is 1. The molecule has 0 unspecified atom stereocenters. The van der Waals surface area contributed by atoms with Gasteiger partial charge in [0.2, 0.25) is 0 Å². The molecule has 0 spiro atoms. The molecule has 0 radical (unpaired) electrons. The van der Waals surface area contributed by atoms with Crippen LogP contribution in [0.15, 0.2) is 59.1 Å². The van der Waals surface area contributed by atoms with Crippen molar-refractivity contribution < 1.29 is 18.3 Å². The Kier molecular flexibility index (Phi) is 5.25. The maximum absolute atomic E-state index is 13.0. The zero-order valence-corrected chi connectivity index (χ0v) is 17.3. The van der Waals surface area contributed by atoms with Crippen molar-refractivity contribution in [1.29, 1.82) is 0 Å². The summed E-state index contributed by atoms with van der Waals surface area (Å²) >= 11 is 1.56. The lowest BCUT2D eigenvalue weighted by Gasteiger charge is -2.34. The van der Waals surface area contributed by atoms with E-state index < -0.39 is 0 Å². The number of halogens is 1. The molecule has 0 atom stereocenters. The molecule has 1 aliphatic heterocycles.